The fraction of sp³-hybridized carbons (Fsp3) is 0.375. The van der Waals surface area contributed by atoms with Crippen LogP contribution in [0.15, 0.2) is 24.3 Å². The van der Waals surface area contributed by atoms with Crippen LogP contribution in [0.25, 0.3) is 6.08 Å². The van der Waals surface area contributed by atoms with Crippen molar-refractivity contribution < 1.29 is 14.3 Å². The maximum absolute atomic E-state index is 12.0. The Morgan fingerprint density at radius 2 is 2.18 bits per heavy atom. The third-order valence-electron chi connectivity index (χ3n) is 3.30. The average Bonchev–Trinajstić information content (AvgIpc) is 3.28. The third kappa shape index (κ3) is 4.77. The number of carbonyl (C=O) groups is 2. The molecule has 2 rings (SSSR count). The first-order valence-corrected chi connectivity index (χ1v) is 7.43. The van der Waals surface area contributed by atoms with E-state index in [1.807, 2.05) is 0 Å². The first kappa shape index (κ1) is 16.4. The molecule has 1 aliphatic carbocycles. The van der Waals surface area contributed by atoms with Crippen LogP contribution in [0.3, 0.4) is 0 Å². The van der Waals surface area contributed by atoms with Gasteiger partial charge in [-0.05, 0) is 37.1 Å². The zero-order valence-corrected chi connectivity index (χ0v) is 13.4. The van der Waals surface area contributed by atoms with E-state index in [1.165, 1.54) is 11.0 Å². The summed E-state index contributed by atoms with van der Waals surface area (Å²) in [6, 6.07) is 5.46. The highest BCUT2D eigenvalue weighted by Gasteiger charge is 2.23. The summed E-state index contributed by atoms with van der Waals surface area (Å²) in [6.07, 6.45) is 5.08. The van der Waals surface area contributed by atoms with E-state index >= 15 is 0 Å². The summed E-state index contributed by atoms with van der Waals surface area (Å²) < 4.78 is 5.21. The standard InChI is InChI=1S/C16H19ClN2O3/c1-19(10-15(20)18-13-5-6-13)16(21)8-3-11-9-12(17)4-7-14(11)22-2/h3-4,7-9,13H,5-6,10H2,1-2H3,(H,18,20)/b8-3+. The minimum Gasteiger partial charge on any atom is -0.496 e. The lowest BCUT2D eigenvalue weighted by Gasteiger charge is -2.14. The smallest absolute Gasteiger partial charge is 0.246 e. The van der Waals surface area contributed by atoms with Crippen LogP contribution in [0.1, 0.15) is 18.4 Å². The Hall–Kier alpha value is -2.01. The van der Waals surface area contributed by atoms with E-state index in [4.69, 9.17) is 16.3 Å². The second kappa shape index (κ2) is 7.31. The van der Waals surface area contributed by atoms with Crippen molar-refractivity contribution in [2.24, 2.45) is 0 Å². The van der Waals surface area contributed by atoms with Gasteiger partial charge in [-0.2, -0.15) is 0 Å². The topological polar surface area (TPSA) is 58.6 Å². The van der Waals surface area contributed by atoms with Gasteiger partial charge >= 0.3 is 0 Å². The second-order valence-corrected chi connectivity index (χ2v) is 5.69. The predicted octanol–water partition coefficient (Wildman–Crippen LogP) is 2.10. The minimum absolute atomic E-state index is 0.0480. The predicted molar refractivity (Wildman–Crippen MR) is 85.8 cm³/mol. The number of nitrogens with zero attached hydrogens (tertiary/aromatic N) is 1. The normalized spacial score (nSPS) is 14.0. The molecule has 0 unspecified atom stereocenters. The number of nitrogens with one attached hydrogen (secondary N) is 1. The number of methoxy groups -OCH3 is 1. The first-order chi connectivity index (χ1) is 10.5. The van der Waals surface area contributed by atoms with Gasteiger partial charge in [-0.1, -0.05) is 11.6 Å². The molecule has 0 spiro atoms. The Morgan fingerprint density at radius 3 is 2.82 bits per heavy atom. The van der Waals surface area contributed by atoms with Gasteiger partial charge < -0.3 is 15.0 Å². The molecular formula is C16H19ClN2O3. The molecule has 0 bridgehead atoms. The summed E-state index contributed by atoms with van der Waals surface area (Å²) in [4.78, 5) is 25.1. The molecule has 2 amide bonds. The molecule has 1 aromatic rings. The highest BCUT2D eigenvalue weighted by molar-refractivity contribution is 6.30. The fourth-order valence-corrected chi connectivity index (χ4v) is 2.10. The van der Waals surface area contributed by atoms with E-state index in [-0.39, 0.29) is 18.4 Å². The third-order valence-corrected chi connectivity index (χ3v) is 3.53. The Morgan fingerprint density at radius 1 is 1.45 bits per heavy atom. The van der Waals surface area contributed by atoms with Gasteiger partial charge in [0.25, 0.3) is 0 Å². The molecule has 0 aliphatic heterocycles. The molecule has 1 N–H and O–H groups in total. The highest BCUT2D eigenvalue weighted by Crippen LogP contribution is 2.23. The number of amides is 2. The van der Waals surface area contributed by atoms with Gasteiger partial charge in [-0.25, -0.2) is 0 Å². The van der Waals surface area contributed by atoms with E-state index in [9.17, 15) is 9.59 Å². The summed E-state index contributed by atoms with van der Waals surface area (Å²) >= 11 is 5.94. The Kier molecular flexibility index (Phi) is 5.44. The Balaban J connectivity index is 1.94. The summed E-state index contributed by atoms with van der Waals surface area (Å²) in [7, 11) is 3.14. The second-order valence-electron chi connectivity index (χ2n) is 5.26. The molecule has 1 aliphatic rings. The number of ether oxygens (including phenoxy) is 1. The largest absolute Gasteiger partial charge is 0.496 e. The van der Waals surface area contributed by atoms with Gasteiger partial charge in [0.15, 0.2) is 0 Å². The van der Waals surface area contributed by atoms with Crippen LogP contribution < -0.4 is 10.1 Å². The molecular weight excluding hydrogens is 304 g/mol. The minimum atomic E-state index is -0.257. The van der Waals surface area contributed by atoms with Crippen LogP contribution in [-0.4, -0.2) is 43.5 Å². The Bertz CT molecular complexity index is 597. The number of halogens is 1. The van der Waals surface area contributed by atoms with E-state index in [1.54, 1.807) is 38.4 Å². The highest BCUT2D eigenvalue weighted by atomic mass is 35.5. The molecule has 0 aromatic heterocycles. The van der Waals surface area contributed by atoms with Crippen molar-refractivity contribution in [2.45, 2.75) is 18.9 Å². The van der Waals surface area contributed by atoms with Gasteiger partial charge in [0.1, 0.15) is 5.75 Å². The van der Waals surface area contributed by atoms with Gasteiger partial charge in [-0.15, -0.1) is 0 Å². The molecule has 1 fully saturated rings. The van der Waals surface area contributed by atoms with E-state index in [2.05, 4.69) is 5.32 Å². The molecule has 0 heterocycles. The first-order valence-electron chi connectivity index (χ1n) is 7.05. The van der Waals surface area contributed by atoms with Crippen molar-refractivity contribution >= 4 is 29.5 Å². The number of hydrogen-bond acceptors (Lipinski definition) is 3. The fourth-order valence-electron chi connectivity index (χ4n) is 1.92. The van der Waals surface area contributed by atoms with Gasteiger partial charge in [0, 0.05) is 29.8 Å². The number of benzene rings is 1. The van der Waals surface area contributed by atoms with Crippen molar-refractivity contribution in [3.8, 4) is 5.75 Å². The molecule has 118 valence electrons. The van der Waals surface area contributed by atoms with Crippen LogP contribution in [0.5, 0.6) is 5.75 Å². The van der Waals surface area contributed by atoms with Crippen molar-refractivity contribution in [1.82, 2.24) is 10.2 Å². The number of hydrogen-bond donors (Lipinski definition) is 1. The lowest BCUT2D eigenvalue weighted by Crippen LogP contribution is -2.38. The number of carbonyl (C=O) groups excluding carboxylic acids is 2. The molecule has 1 saturated carbocycles. The Labute approximate surface area is 134 Å². The van der Waals surface area contributed by atoms with E-state index in [0.29, 0.717) is 22.4 Å². The summed E-state index contributed by atoms with van der Waals surface area (Å²) in [6.45, 7) is 0.0480. The van der Waals surface area contributed by atoms with Crippen LogP contribution in [0.4, 0.5) is 0 Å². The summed E-state index contributed by atoms with van der Waals surface area (Å²) in [5, 5.41) is 3.41. The maximum atomic E-state index is 12.0. The average molecular weight is 323 g/mol. The van der Waals surface area contributed by atoms with Gasteiger partial charge in [0.05, 0.1) is 13.7 Å². The lowest BCUT2D eigenvalue weighted by atomic mass is 10.2. The van der Waals surface area contributed by atoms with E-state index < -0.39 is 0 Å². The van der Waals surface area contributed by atoms with Crippen LogP contribution >= 0.6 is 11.6 Å². The monoisotopic (exact) mass is 322 g/mol. The zero-order valence-electron chi connectivity index (χ0n) is 12.6. The maximum Gasteiger partial charge on any atom is 0.246 e. The van der Waals surface area contributed by atoms with Crippen LogP contribution in [-0.2, 0) is 9.59 Å². The number of likely N-dealkylation sites (N-methyl/N-ethyl adjacent to an activating group) is 1. The van der Waals surface area contributed by atoms with Crippen molar-refractivity contribution in [1.29, 1.82) is 0 Å². The van der Waals surface area contributed by atoms with E-state index in [0.717, 1.165) is 12.8 Å². The molecule has 5 nitrogen and oxygen atoms in total. The molecule has 0 radical (unpaired) electrons. The van der Waals surface area contributed by atoms with Gasteiger partial charge in [-0.3, -0.25) is 9.59 Å². The van der Waals surface area contributed by atoms with Gasteiger partial charge in [0.2, 0.25) is 11.8 Å². The van der Waals surface area contributed by atoms with Crippen molar-refractivity contribution in [2.75, 3.05) is 20.7 Å². The number of rotatable bonds is 6. The molecule has 22 heavy (non-hydrogen) atoms. The molecule has 6 heteroatoms. The van der Waals surface area contributed by atoms with Crippen LogP contribution in [0.2, 0.25) is 5.02 Å². The quantitative estimate of drug-likeness (QED) is 0.816. The summed E-state index contributed by atoms with van der Waals surface area (Å²) in [5.41, 5.74) is 0.708. The van der Waals surface area contributed by atoms with Crippen LogP contribution in [0, 0.1) is 0 Å². The summed E-state index contributed by atoms with van der Waals surface area (Å²) in [5.74, 6) is 0.239. The van der Waals surface area contributed by atoms with Crippen molar-refractivity contribution in [3.05, 3.63) is 34.9 Å². The molecule has 0 atom stereocenters. The molecule has 1 aromatic carbocycles. The molecule has 0 saturated heterocycles. The lowest BCUT2D eigenvalue weighted by molar-refractivity contribution is -0.131. The zero-order chi connectivity index (χ0) is 16.1. The van der Waals surface area contributed by atoms with Crippen molar-refractivity contribution in [3.63, 3.8) is 0 Å². The SMILES string of the molecule is COc1ccc(Cl)cc1/C=C/C(=O)N(C)CC(=O)NC1CC1.